The van der Waals surface area contributed by atoms with Crippen molar-refractivity contribution in [3.8, 4) is 11.8 Å². The largest absolute Gasteiger partial charge is 0.384 e. The third-order valence-electron chi connectivity index (χ3n) is 3.78. The maximum absolute atomic E-state index is 12.3. The third-order valence-corrected chi connectivity index (χ3v) is 3.78. The molecule has 0 radical (unpaired) electrons. The molecule has 0 aliphatic carbocycles. The van der Waals surface area contributed by atoms with Crippen molar-refractivity contribution in [2.24, 2.45) is 0 Å². The van der Waals surface area contributed by atoms with Crippen LogP contribution in [0.5, 0.6) is 0 Å². The van der Waals surface area contributed by atoms with E-state index in [4.69, 9.17) is 9.84 Å². The fourth-order valence-electron chi connectivity index (χ4n) is 2.71. The van der Waals surface area contributed by atoms with E-state index >= 15 is 0 Å². The van der Waals surface area contributed by atoms with Gasteiger partial charge in [-0.25, -0.2) is 4.90 Å². The van der Waals surface area contributed by atoms with Crippen molar-refractivity contribution in [1.29, 1.82) is 0 Å². The predicted octanol–water partition coefficient (Wildman–Crippen LogP) is 0.760. The zero-order chi connectivity index (χ0) is 15.0. The predicted molar refractivity (Wildman–Crippen MR) is 75.5 cm³/mol. The molecule has 108 valence electrons. The highest BCUT2D eigenvalue weighted by molar-refractivity contribution is 6.19. The molecular weight excluding hydrogens is 270 g/mol. The molecule has 2 amide bonds. The lowest BCUT2D eigenvalue weighted by Gasteiger charge is -2.30. The van der Waals surface area contributed by atoms with Gasteiger partial charge in [0, 0.05) is 5.56 Å². The van der Waals surface area contributed by atoms with Crippen molar-refractivity contribution in [1.82, 2.24) is 0 Å². The average Bonchev–Trinajstić information content (AvgIpc) is 2.92. The van der Waals surface area contributed by atoms with E-state index in [1.807, 2.05) is 6.92 Å². The van der Waals surface area contributed by atoms with Gasteiger partial charge < -0.3 is 9.84 Å². The second-order valence-electron chi connectivity index (χ2n) is 5.16. The van der Waals surface area contributed by atoms with Gasteiger partial charge in [0.15, 0.2) is 0 Å². The minimum Gasteiger partial charge on any atom is -0.384 e. The molecule has 2 saturated heterocycles. The summed E-state index contributed by atoms with van der Waals surface area (Å²) in [7, 11) is 0. The van der Waals surface area contributed by atoms with Crippen molar-refractivity contribution >= 4 is 17.5 Å². The molecule has 0 aromatic heterocycles. The number of aryl methyl sites for hydroxylation is 1. The van der Waals surface area contributed by atoms with E-state index in [0.29, 0.717) is 18.5 Å². The number of amides is 2. The number of hydrogen-bond donors (Lipinski definition) is 1. The van der Waals surface area contributed by atoms with Crippen LogP contribution in [0.1, 0.15) is 24.0 Å². The van der Waals surface area contributed by atoms with Crippen LogP contribution >= 0.6 is 0 Å². The van der Waals surface area contributed by atoms with Crippen LogP contribution in [-0.4, -0.2) is 35.7 Å². The Morgan fingerprint density at radius 2 is 1.95 bits per heavy atom. The van der Waals surface area contributed by atoms with Gasteiger partial charge in [0.25, 0.3) is 11.8 Å². The van der Waals surface area contributed by atoms with E-state index in [-0.39, 0.29) is 18.4 Å². The van der Waals surface area contributed by atoms with Gasteiger partial charge in [-0.2, -0.15) is 0 Å². The number of fused-ring (bicyclic) bond motifs is 2. The molecule has 1 N–H and O–H groups in total. The lowest BCUT2D eigenvalue weighted by atomic mass is 10.1. The molecule has 2 bridgehead atoms. The summed E-state index contributed by atoms with van der Waals surface area (Å²) in [5, 5.41) is 8.73. The molecule has 3 rings (SSSR count). The zero-order valence-electron chi connectivity index (χ0n) is 11.6. The molecule has 5 nitrogen and oxygen atoms in total. The minimum absolute atomic E-state index is 0.203. The maximum Gasteiger partial charge on any atom is 0.262 e. The monoisotopic (exact) mass is 285 g/mol. The summed E-state index contributed by atoms with van der Waals surface area (Å²) in [5.74, 6) is 4.84. The van der Waals surface area contributed by atoms with E-state index in [1.54, 1.807) is 18.2 Å². The molecule has 2 aliphatic heterocycles. The first-order valence-electron chi connectivity index (χ1n) is 6.85. The van der Waals surface area contributed by atoms with E-state index < -0.39 is 12.2 Å². The standard InChI is InChI=1S/C16H15NO4/c1-10-9-12(5-4-11(10)3-2-8-18)17-15(19)13-6-7-14(21-13)16(17)20/h4-5,9,13-14,18H,6-8H2,1H3. The van der Waals surface area contributed by atoms with E-state index in [1.165, 1.54) is 4.90 Å². The van der Waals surface area contributed by atoms with Crippen molar-refractivity contribution in [3.05, 3.63) is 29.3 Å². The van der Waals surface area contributed by atoms with Gasteiger partial charge in [0.1, 0.15) is 18.8 Å². The Hall–Kier alpha value is -2.16. The number of morpholine rings is 1. The molecule has 2 unspecified atom stereocenters. The summed E-state index contributed by atoms with van der Waals surface area (Å²) in [5.41, 5.74) is 2.18. The van der Waals surface area contributed by atoms with Crippen molar-refractivity contribution in [2.45, 2.75) is 32.0 Å². The van der Waals surface area contributed by atoms with Crippen molar-refractivity contribution in [3.63, 3.8) is 0 Å². The van der Waals surface area contributed by atoms with Crippen LogP contribution in [-0.2, 0) is 14.3 Å². The minimum atomic E-state index is -0.498. The smallest absolute Gasteiger partial charge is 0.262 e. The molecule has 2 heterocycles. The molecular formula is C16H15NO4. The molecule has 1 aromatic rings. The quantitative estimate of drug-likeness (QED) is 0.611. The highest BCUT2D eigenvalue weighted by Crippen LogP contribution is 2.32. The lowest BCUT2D eigenvalue weighted by Crippen LogP contribution is -2.52. The van der Waals surface area contributed by atoms with Crippen LogP contribution < -0.4 is 4.90 Å². The average molecular weight is 285 g/mol. The number of nitrogens with zero attached hydrogens (tertiary/aromatic N) is 1. The molecule has 5 heteroatoms. The Balaban J connectivity index is 1.95. The van der Waals surface area contributed by atoms with Crippen LogP contribution in [0.25, 0.3) is 0 Å². The topological polar surface area (TPSA) is 66.8 Å². The second-order valence-corrected chi connectivity index (χ2v) is 5.16. The van der Waals surface area contributed by atoms with Crippen molar-refractivity contribution < 1.29 is 19.4 Å². The van der Waals surface area contributed by atoms with Gasteiger partial charge in [-0.1, -0.05) is 11.8 Å². The molecule has 2 atom stereocenters. The van der Waals surface area contributed by atoms with Crippen LogP contribution in [0, 0.1) is 18.8 Å². The zero-order valence-corrected chi connectivity index (χ0v) is 11.6. The fourth-order valence-corrected chi connectivity index (χ4v) is 2.71. The number of benzene rings is 1. The van der Waals surface area contributed by atoms with E-state index in [0.717, 1.165) is 11.1 Å². The van der Waals surface area contributed by atoms with E-state index in [9.17, 15) is 9.59 Å². The SMILES string of the molecule is Cc1cc(N2C(=O)C3CCC(O3)C2=O)ccc1C#CCO. The van der Waals surface area contributed by atoms with Crippen LogP contribution in [0.4, 0.5) is 5.69 Å². The van der Waals surface area contributed by atoms with Gasteiger partial charge >= 0.3 is 0 Å². The fraction of sp³-hybridized carbons (Fsp3) is 0.375. The Morgan fingerprint density at radius 1 is 1.29 bits per heavy atom. The Labute approximate surface area is 122 Å². The highest BCUT2D eigenvalue weighted by Gasteiger charge is 2.47. The van der Waals surface area contributed by atoms with Gasteiger partial charge in [-0.15, -0.1) is 0 Å². The van der Waals surface area contributed by atoms with Gasteiger partial charge in [-0.3, -0.25) is 9.59 Å². The Kier molecular flexibility index (Phi) is 3.50. The van der Waals surface area contributed by atoms with Crippen molar-refractivity contribution in [2.75, 3.05) is 11.5 Å². The summed E-state index contributed by atoms with van der Waals surface area (Å²) < 4.78 is 5.39. The summed E-state index contributed by atoms with van der Waals surface area (Å²) in [6, 6.07) is 5.22. The Bertz CT molecular complexity index is 649. The highest BCUT2D eigenvalue weighted by atomic mass is 16.5. The molecule has 2 aliphatic rings. The number of carbonyl (C=O) groups excluding carboxylic acids is 2. The normalized spacial score (nSPS) is 24.0. The van der Waals surface area contributed by atoms with Gasteiger partial charge in [0.2, 0.25) is 0 Å². The molecule has 0 saturated carbocycles. The second kappa shape index (κ2) is 5.32. The number of rotatable bonds is 1. The number of carbonyl (C=O) groups is 2. The molecule has 21 heavy (non-hydrogen) atoms. The van der Waals surface area contributed by atoms with Crippen LogP contribution in [0.3, 0.4) is 0 Å². The van der Waals surface area contributed by atoms with Gasteiger partial charge in [-0.05, 0) is 43.5 Å². The van der Waals surface area contributed by atoms with Crippen LogP contribution in [0.15, 0.2) is 18.2 Å². The summed E-state index contributed by atoms with van der Waals surface area (Å²) >= 11 is 0. The summed E-state index contributed by atoms with van der Waals surface area (Å²) in [6.45, 7) is 1.65. The first kappa shape index (κ1) is 13.8. The first-order chi connectivity index (χ1) is 10.1. The number of aliphatic hydroxyl groups excluding tert-OH is 1. The lowest BCUT2D eigenvalue weighted by molar-refractivity contribution is -0.146. The van der Waals surface area contributed by atoms with E-state index in [2.05, 4.69) is 11.8 Å². The number of aliphatic hydroxyl groups is 1. The first-order valence-corrected chi connectivity index (χ1v) is 6.85. The third kappa shape index (κ3) is 2.33. The van der Waals surface area contributed by atoms with Gasteiger partial charge in [0.05, 0.1) is 5.69 Å². The number of hydrogen-bond acceptors (Lipinski definition) is 4. The Morgan fingerprint density at radius 3 is 2.52 bits per heavy atom. The molecule has 1 aromatic carbocycles. The number of ether oxygens (including phenoxy) is 1. The molecule has 0 spiro atoms. The summed E-state index contributed by atoms with van der Waals surface area (Å²) in [4.78, 5) is 25.8. The number of anilines is 1. The van der Waals surface area contributed by atoms with Crippen LogP contribution in [0.2, 0.25) is 0 Å². The summed E-state index contributed by atoms with van der Waals surface area (Å²) in [6.07, 6.45) is 0.207. The maximum atomic E-state index is 12.3. The molecule has 2 fully saturated rings. The number of imide groups is 1.